The van der Waals surface area contributed by atoms with E-state index in [1.165, 1.54) is 0 Å². The quantitative estimate of drug-likeness (QED) is 0.500. The molecule has 1 fully saturated rings. The summed E-state index contributed by atoms with van der Waals surface area (Å²) in [5.41, 5.74) is 8.95. The predicted molar refractivity (Wildman–Crippen MR) is 153 cm³/mol. The maximum absolute atomic E-state index is 13.4. The molecule has 0 spiro atoms. The number of nitrogen functional groups attached to an aromatic ring is 1. The molecule has 2 atom stereocenters. The third-order valence-electron chi connectivity index (χ3n) is 7.75. The number of fused-ring (bicyclic) bond motifs is 4. The van der Waals surface area contributed by atoms with Gasteiger partial charge in [-0.3, -0.25) is 19.1 Å². The second-order valence-electron chi connectivity index (χ2n) is 10.7. The van der Waals surface area contributed by atoms with E-state index < -0.39 is 0 Å². The van der Waals surface area contributed by atoms with Crippen molar-refractivity contribution in [1.29, 1.82) is 0 Å². The number of nitrogens with two attached hydrogens (primary N) is 1. The van der Waals surface area contributed by atoms with Crippen LogP contribution in [0.15, 0.2) is 48.5 Å². The molecule has 3 aromatic rings. The number of rotatable bonds is 4. The molecule has 0 saturated carbocycles. The number of aromatic nitrogens is 3. The van der Waals surface area contributed by atoms with Gasteiger partial charge < -0.3 is 25.6 Å². The molecule has 11 heteroatoms. The van der Waals surface area contributed by atoms with Gasteiger partial charge in [0.05, 0.1) is 18.2 Å². The van der Waals surface area contributed by atoms with Crippen LogP contribution in [0.2, 0.25) is 0 Å². The Morgan fingerprint density at radius 1 is 1.05 bits per heavy atom. The van der Waals surface area contributed by atoms with Crippen molar-refractivity contribution < 1.29 is 19.1 Å². The summed E-state index contributed by atoms with van der Waals surface area (Å²) < 4.78 is 7.90. The Bertz CT molecular complexity index is 1420. The van der Waals surface area contributed by atoms with Crippen LogP contribution in [-0.2, 0) is 16.1 Å². The van der Waals surface area contributed by atoms with Crippen LogP contribution in [0, 0.1) is 19.8 Å². The van der Waals surface area contributed by atoms with Gasteiger partial charge in [-0.25, -0.2) is 4.98 Å². The van der Waals surface area contributed by atoms with Gasteiger partial charge in [-0.15, -0.1) is 0 Å². The van der Waals surface area contributed by atoms with E-state index in [0.717, 1.165) is 17.0 Å². The van der Waals surface area contributed by atoms with Crippen molar-refractivity contribution in [2.75, 3.05) is 45.1 Å². The van der Waals surface area contributed by atoms with Crippen molar-refractivity contribution in [2.45, 2.75) is 39.2 Å². The van der Waals surface area contributed by atoms with Crippen molar-refractivity contribution in [3.63, 3.8) is 0 Å². The van der Waals surface area contributed by atoms with Gasteiger partial charge in [0.1, 0.15) is 23.9 Å². The Balaban J connectivity index is 1.30. The topological polar surface area (TPSA) is 136 Å². The summed E-state index contributed by atoms with van der Waals surface area (Å²) in [6, 6.07) is 14.7. The molecular weight excluding hydrogens is 522 g/mol. The number of nitrogens with zero attached hydrogens (tertiary/aromatic N) is 5. The smallest absolute Gasteiger partial charge is 0.272 e. The second kappa shape index (κ2) is 12.4. The van der Waals surface area contributed by atoms with E-state index in [4.69, 9.17) is 10.5 Å². The van der Waals surface area contributed by atoms with Gasteiger partial charge in [0.2, 0.25) is 11.8 Å². The first-order valence-corrected chi connectivity index (χ1v) is 14.1. The zero-order valence-electron chi connectivity index (χ0n) is 23.6. The minimum Gasteiger partial charge on any atom is -0.492 e. The SMILES string of the molecule is Cc1cc(C)n(CCC(=O)N2C[C@@H]3C(=O)NCCCN(C(=O)c4cccc(N)n4)CCOc4cccc(c4)[C@H]3C2)n1. The maximum Gasteiger partial charge on any atom is 0.272 e. The van der Waals surface area contributed by atoms with E-state index in [1.807, 2.05) is 48.9 Å². The molecular formula is C30H37N7O4. The highest BCUT2D eigenvalue weighted by atomic mass is 16.5. The number of aryl methyl sites for hydroxylation is 3. The Hall–Kier alpha value is -4.41. The highest BCUT2D eigenvalue weighted by Crippen LogP contribution is 2.35. The van der Waals surface area contributed by atoms with Crippen LogP contribution in [0.4, 0.5) is 5.82 Å². The summed E-state index contributed by atoms with van der Waals surface area (Å²) in [5, 5.41) is 7.52. The van der Waals surface area contributed by atoms with Crippen molar-refractivity contribution in [1.82, 2.24) is 29.9 Å². The van der Waals surface area contributed by atoms with Crippen LogP contribution in [0.1, 0.15) is 46.2 Å². The molecule has 1 saturated heterocycles. The molecule has 1 aromatic carbocycles. The van der Waals surface area contributed by atoms with E-state index >= 15 is 0 Å². The predicted octanol–water partition coefficient (Wildman–Crippen LogP) is 2.15. The van der Waals surface area contributed by atoms with Crippen molar-refractivity contribution in [3.05, 3.63) is 71.2 Å². The number of hydrogen-bond acceptors (Lipinski definition) is 7. The van der Waals surface area contributed by atoms with Gasteiger partial charge >= 0.3 is 0 Å². The molecule has 0 radical (unpaired) electrons. The number of ether oxygens (including phenoxy) is 1. The molecule has 3 N–H and O–H groups in total. The molecule has 3 amide bonds. The number of benzene rings is 1. The Kier molecular flexibility index (Phi) is 8.51. The monoisotopic (exact) mass is 559 g/mol. The lowest BCUT2D eigenvalue weighted by Gasteiger charge is -2.24. The van der Waals surface area contributed by atoms with Crippen molar-refractivity contribution in [2.24, 2.45) is 5.92 Å². The third-order valence-corrected chi connectivity index (χ3v) is 7.75. The first kappa shape index (κ1) is 28.1. The number of hydrogen-bond donors (Lipinski definition) is 2. The minimum absolute atomic E-state index is 0.00693. The summed E-state index contributed by atoms with van der Waals surface area (Å²) in [5.74, 6) is 0.0755. The normalized spacial score (nSPS) is 19.6. The number of carbonyl (C=O) groups excluding carboxylic acids is 3. The van der Waals surface area contributed by atoms with Gasteiger partial charge in [-0.05, 0) is 56.2 Å². The molecule has 5 rings (SSSR count). The zero-order valence-corrected chi connectivity index (χ0v) is 23.6. The average Bonchev–Trinajstić information content (AvgIpc) is 3.55. The molecule has 41 heavy (non-hydrogen) atoms. The fourth-order valence-corrected chi connectivity index (χ4v) is 5.64. The number of likely N-dealkylation sites (tertiary alicyclic amines) is 1. The van der Waals surface area contributed by atoms with Crippen LogP contribution in [0.3, 0.4) is 0 Å². The van der Waals surface area contributed by atoms with Crippen LogP contribution in [0.25, 0.3) is 0 Å². The Labute approximate surface area is 239 Å². The molecule has 2 aromatic heterocycles. The van der Waals surface area contributed by atoms with E-state index in [-0.39, 0.29) is 41.1 Å². The number of nitrogens with one attached hydrogen (secondary N) is 1. The largest absolute Gasteiger partial charge is 0.492 e. The number of anilines is 1. The molecule has 216 valence electrons. The minimum atomic E-state index is -0.389. The van der Waals surface area contributed by atoms with Crippen LogP contribution >= 0.6 is 0 Å². The van der Waals surface area contributed by atoms with E-state index in [9.17, 15) is 14.4 Å². The van der Waals surface area contributed by atoms with Crippen molar-refractivity contribution in [3.8, 4) is 5.75 Å². The van der Waals surface area contributed by atoms with Gasteiger partial charge in [0.25, 0.3) is 5.91 Å². The highest BCUT2D eigenvalue weighted by Gasteiger charge is 2.40. The highest BCUT2D eigenvalue weighted by molar-refractivity contribution is 5.92. The standard InChI is InChI=1S/C30H37N7O4/c1-20-16-21(2)37(34-20)13-10-28(38)36-18-24-22-6-3-7-23(17-22)41-15-14-35(12-5-11-32-29(39)25(24)19-36)30(40)26-8-4-9-27(31)33-26/h3-4,6-9,16-17,24-25H,5,10-15,18-19H2,1-2H3,(H2,31,33)(H,32,39)/t24-,25+/m1/s1. The Morgan fingerprint density at radius 2 is 1.85 bits per heavy atom. The zero-order chi connectivity index (χ0) is 28.9. The van der Waals surface area contributed by atoms with Gasteiger partial charge in [0, 0.05) is 50.8 Å². The average molecular weight is 560 g/mol. The van der Waals surface area contributed by atoms with Gasteiger partial charge in [-0.1, -0.05) is 18.2 Å². The van der Waals surface area contributed by atoms with E-state index in [0.29, 0.717) is 64.5 Å². The fourth-order valence-electron chi connectivity index (χ4n) is 5.64. The number of carbonyl (C=O) groups is 3. The van der Waals surface area contributed by atoms with Gasteiger partial charge in [-0.2, -0.15) is 5.10 Å². The van der Waals surface area contributed by atoms with Crippen LogP contribution in [-0.4, -0.2) is 81.6 Å². The first-order valence-electron chi connectivity index (χ1n) is 14.1. The molecule has 4 heterocycles. The van der Waals surface area contributed by atoms with E-state index in [2.05, 4.69) is 15.4 Å². The molecule has 2 bridgehead atoms. The van der Waals surface area contributed by atoms with E-state index in [1.54, 1.807) is 28.0 Å². The van der Waals surface area contributed by atoms with Crippen LogP contribution in [0.5, 0.6) is 5.75 Å². The molecule has 11 nitrogen and oxygen atoms in total. The van der Waals surface area contributed by atoms with Gasteiger partial charge in [0.15, 0.2) is 0 Å². The fraction of sp³-hybridized carbons (Fsp3) is 0.433. The molecule has 2 aliphatic heterocycles. The number of pyridine rings is 1. The lowest BCUT2D eigenvalue weighted by atomic mass is 9.88. The lowest BCUT2D eigenvalue weighted by Crippen LogP contribution is -2.39. The summed E-state index contributed by atoms with van der Waals surface area (Å²) >= 11 is 0. The first-order chi connectivity index (χ1) is 19.8. The summed E-state index contributed by atoms with van der Waals surface area (Å²) in [6.45, 7) is 6.71. The summed E-state index contributed by atoms with van der Waals surface area (Å²) in [4.78, 5) is 47.5. The van der Waals surface area contributed by atoms with Crippen LogP contribution < -0.4 is 15.8 Å². The summed E-state index contributed by atoms with van der Waals surface area (Å²) in [7, 11) is 0. The maximum atomic E-state index is 13.4. The lowest BCUT2D eigenvalue weighted by molar-refractivity contribution is -0.131. The summed E-state index contributed by atoms with van der Waals surface area (Å²) in [6.07, 6.45) is 0.881. The molecule has 0 aliphatic carbocycles. The number of amides is 3. The molecule has 0 unspecified atom stereocenters. The molecule has 2 aliphatic rings. The van der Waals surface area contributed by atoms with Crippen molar-refractivity contribution >= 4 is 23.5 Å². The Morgan fingerprint density at radius 3 is 2.63 bits per heavy atom. The second-order valence-corrected chi connectivity index (χ2v) is 10.7. The third kappa shape index (κ3) is 6.67.